The number of aliphatic hydroxyl groups is 1. The van der Waals surface area contributed by atoms with Crippen LogP contribution in [-0.4, -0.2) is 17.8 Å². The summed E-state index contributed by atoms with van der Waals surface area (Å²) in [6.07, 6.45) is 1.40. The average molecular weight is 261 g/mol. The molecule has 1 aromatic carbocycles. The Morgan fingerprint density at radius 1 is 1.38 bits per heavy atom. The average Bonchev–Trinajstić information content (AvgIpc) is 2.20. The molecule has 0 aliphatic heterocycles. The molecule has 1 aliphatic carbocycles. The molecule has 4 heteroatoms. The fraction of sp³-hybridized carbons (Fsp3) is 0.500. The maximum atomic E-state index is 10.3. The van der Waals surface area contributed by atoms with Crippen LogP contribution in [-0.2, 0) is 10.3 Å². The van der Waals surface area contributed by atoms with Gasteiger partial charge in [0.25, 0.3) is 0 Å². The van der Waals surface area contributed by atoms with Gasteiger partial charge < -0.3 is 9.84 Å². The Labute approximate surface area is 105 Å². The lowest BCUT2D eigenvalue weighted by atomic mass is 9.73. The van der Waals surface area contributed by atoms with Gasteiger partial charge in [-0.2, -0.15) is 0 Å². The molecule has 16 heavy (non-hydrogen) atoms. The number of hydrogen-bond acceptors (Lipinski definition) is 2. The highest BCUT2D eigenvalue weighted by Crippen LogP contribution is 2.44. The Morgan fingerprint density at radius 2 is 2.06 bits per heavy atom. The quantitative estimate of drug-likeness (QED) is 0.903. The molecule has 1 saturated carbocycles. The molecule has 2 nitrogen and oxygen atoms in total. The van der Waals surface area contributed by atoms with Crippen LogP contribution in [0.2, 0.25) is 10.0 Å². The third kappa shape index (κ3) is 2.21. The highest BCUT2D eigenvalue weighted by atomic mass is 35.5. The minimum Gasteiger partial charge on any atom is -0.385 e. The van der Waals surface area contributed by atoms with Crippen molar-refractivity contribution in [2.75, 3.05) is 6.61 Å². The summed E-state index contributed by atoms with van der Waals surface area (Å²) in [5.41, 5.74) is 0.0199. The molecule has 1 aliphatic rings. The molecule has 0 spiro atoms. The van der Waals surface area contributed by atoms with E-state index in [1.165, 1.54) is 0 Å². The molecule has 0 heterocycles. The van der Waals surface area contributed by atoms with Gasteiger partial charge >= 0.3 is 0 Å². The molecule has 0 amide bonds. The zero-order valence-corrected chi connectivity index (χ0v) is 10.6. The second-order valence-electron chi connectivity index (χ2n) is 4.15. The van der Waals surface area contributed by atoms with Gasteiger partial charge in [-0.1, -0.05) is 29.3 Å². The molecule has 2 rings (SSSR count). The van der Waals surface area contributed by atoms with E-state index in [-0.39, 0.29) is 6.10 Å². The Morgan fingerprint density at radius 3 is 2.62 bits per heavy atom. The summed E-state index contributed by atoms with van der Waals surface area (Å²) in [5, 5.41) is 11.3. The van der Waals surface area contributed by atoms with Gasteiger partial charge in [0.05, 0.1) is 21.8 Å². The second kappa shape index (κ2) is 4.53. The summed E-state index contributed by atoms with van der Waals surface area (Å²) in [7, 11) is 0. The molecule has 0 atom stereocenters. The van der Waals surface area contributed by atoms with E-state index < -0.39 is 5.60 Å². The zero-order chi connectivity index (χ0) is 11.8. The summed E-state index contributed by atoms with van der Waals surface area (Å²) in [5.74, 6) is 0. The first-order chi connectivity index (χ1) is 7.55. The SMILES string of the molecule is CCOC1CC(O)(c2ccc(Cl)c(Cl)c2)C1. The second-order valence-corrected chi connectivity index (χ2v) is 4.96. The van der Waals surface area contributed by atoms with Gasteiger partial charge in [-0.15, -0.1) is 0 Å². The lowest BCUT2D eigenvalue weighted by Crippen LogP contribution is -2.45. The monoisotopic (exact) mass is 260 g/mol. The lowest BCUT2D eigenvalue weighted by Gasteiger charge is -2.43. The Bertz CT molecular complexity index is 387. The number of rotatable bonds is 3. The summed E-state index contributed by atoms with van der Waals surface area (Å²) < 4.78 is 5.43. The van der Waals surface area contributed by atoms with Gasteiger partial charge in [0.2, 0.25) is 0 Å². The smallest absolute Gasteiger partial charge is 0.0946 e. The summed E-state index contributed by atoms with van der Waals surface area (Å²) in [4.78, 5) is 0. The fourth-order valence-corrected chi connectivity index (χ4v) is 2.37. The first-order valence-corrected chi connectivity index (χ1v) is 6.10. The number of benzene rings is 1. The molecule has 0 bridgehead atoms. The van der Waals surface area contributed by atoms with Gasteiger partial charge in [0.15, 0.2) is 0 Å². The topological polar surface area (TPSA) is 29.5 Å². The lowest BCUT2D eigenvalue weighted by molar-refractivity contribution is -0.142. The third-order valence-corrected chi connectivity index (χ3v) is 3.73. The van der Waals surface area contributed by atoms with E-state index >= 15 is 0 Å². The normalized spacial score (nSPS) is 28.9. The van der Waals surface area contributed by atoms with Crippen LogP contribution < -0.4 is 0 Å². The molecular weight excluding hydrogens is 247 g/mol. The highest BCUT2D eigenvalue weighted by Gasteiger charge is 2.44. The van der Waals surface area contributed by atoms with E-state index in [2.05, 4.69) is 0 Å². The molecular formula is C12H14Cl2O2. The zero-order valence-electron chi connectivity index (χ0n) is 9.04. The Kier molecular flexibility index (Phi) is 3.45. The van der Waals surface area contributed by atoms with Crippen LogP contribution in [0.4, 0.5) is 0 Å². The predicted molar refractivity (Wildman–Crippen MR) is 65.0 cm³/mol. The molecule has 1 aromatic rings. The number of ether oxygens (including phenoxy) is 1. The van der Waals surface area contributed by atoms with Crippen LogP contribution in [0, 0.1) is 0 Å². The van der Waals surface area contributed by atoms with Crippen molar-refractivity contribution in [2.24, 2.45) is 0 Å². The van der Waals surface area contributed by atoms with Gasteiger partial charge in [-0.25, -0.2) is 0 Å². The van der Waals surface area contributed by atoms with E-state index in [9.17, 15) is 5.11 Å². The van der Waals surface area contributed by atoms with Crippen LogP contribution in [0.25, 0.3) is 0 Å². The maximum Gasteiger partial charge on any atom is 0.0946 e. The van der Waals surface area contributed by atoms with Crippen molar-refractivity contribution in [3.8, 4) is 0 Å². The maximum absolute atomic E-state index is 10.3. The van der Waals surface area contributed by atoms with Gasteiger partial charge in [-0.3, -0.25) is 0 Å². The Balaban J connectivity index is 2.11. The van der Waals surface area contributed by atoms with Crippen LogP contribution in [0.15, 0.2) is 18.2 Å². The van der Waals surface area contributed by atoms with Gasteiger partial charge in [-0.05, 0) is 24.6 Å². The predicted octanol–water partition coefficient (Wildman–Crippen LogP) is 3.38. The standard InChI is InChI=1S/C12H14Cl2O2/c1-2-16-9-6-12(15,7-9)8-3-4-10(13)11(14)5-8/h3-5,9,15H,2,6-7H2,1H3. The van der Waals surface area contributed by atoms with E-state index in [0.29, 0.717) is 29.5 Å². The molecule has 88 valence electrons. The summed E-state index contributed by atoms with van der Waals surface area (Å²) >= 11 is 11.8. The largest absolute Gasteiger partial charge is 0.385 e. The Hall–Kier alpha value is -0.280. The van der Waals surface area contributed by atoms with E-state index in [1.54, 1.807) is 12.1 Å². The molecule has 0 aromatic heterocycles. The summed E-state index contributed by atoms with van der Waals surface area (Å²) in [6, 6.07) is 5.26. The first kappa shape index (κ1) is 12.2. The van der Waals surface area contributed by atoms with Crippen molar-refractivity contribution in [1.82, 2.24) is 0 Å². The van der Waals surface area contributed by atoms with Crippen molar-refractivity contribution >= 4 is 23.2 Å². The minimum atomic E-state index is -0.798. The molecule has 1 fully saturated rings. The van der Waals surface area contributed by atoms with Crippen molar-refractivity contribution in [1.29, 1.82) is 0 Å². The van der Waals surface area contributed by atoms with Crippen LogP contribution in [0.5, 0.6) is 0 Å². The van der Waals surface area contributed by atoms with Gasteiger partial charge in [0, 0.05) is 19.4 Å². The van der Waals surface area contributed by atoms with Crippen molar-refractivity contribution in [3.05, 3.63) is 33.8 Å². The molecule has 1 N–H and O–H groups in total. The molecule has 0 unspecified atom stereocenters. The van der Waals surface area contributed by atoms with Crippen LogP contribution in [0.3, 0.4) is 0 Å². The third-order valence-electron chi connectivity index (χ3n) is 2.99. The van der Waals surface area contributed by atoms with E-state index in [1.807, 2.05) is 13.0 Å². The number of halogens is 2. The van der Waals surface area contributed by atoms with Crippen LogP contribution >= 0.6 is 23.2 Å². The highest BCUT2D eigenvalue weighted by molar-refractivity contribution is 6.42. The van der Waals surface area contributed by atoms with Crippen molar-refractivity contribution in [2.45, 2.75) is 31.5 Å². The number of hydrogen-bond donors (Lipinski definition) is 1. The van der Waals surface area contributed by atoms with Gasteiger partial charge in [0.1, 0.15) is 0 Å². The molecule has 0 saturated heterocycles. The van der Waals surface area contributed by atoms with E-state index in [0.717, 1.165) is 5.56 Å². The first-order valence-electron chi connectivity index (χ1n) is 5.34. The molecule has 0 radical (unpaired) electrons. The fourth-order valence-electron chi connectivity index (χ4n) is 2.07. The summed E-state index contributed by atoms with van der Waals surface area (Å²) in [6.45, 7) is 2.64. The van der Waals surface area contributed by atoms with Crippen LogP contribution in [0.1, 0.15) is 25.3 Å². The van der Waals surface area contributed by atoms with Crippen molar-refractivity contribution < 1.29 is 9.84 Å². The minimum absolute atomic E-state index is 0.157. The van der Waals surface area contributed by atoms with Crippen molar-refractivity contribution in [3.63, 3.8) is 0 Å². The van der Waals surface area contributed by atoms with E-state index in [4.69, 9.17) is 27.9 Å².